The molecule has 0 aliphatic heterocycles. The van der Waals surface area contributed by atoms with Crippen LogP contribution < -0.4 is 0 Å². The van der Waals surface area contributed by atoms with Gasteiger partial charge in [0.15, 0.2) is 0 Å². The monoisotopic (exact) mass is 216 g/mol. The van der Waals surface area contributed by atoms with Crippen molar-refractivity contribution in [2.45, 2.75) is 17.0 Å². The minimum absolute atomic E-state index is 0.634. The summed E-state index contributed by atoms with van der Waals surface area (Å²) in [5, 5.41) is 16.3. The van der Waals surface area contributed by atoms with Gasteiger partial charge in [-0.3, -0.25) is 5.10 Å². The van der Waals surface area contributed by atoms with Crippen molar-refractivity contribution in [3.8, 4) is 6.07 Å². The fourth-order valence-electron chi connectivity index (χ4n) is 1.11. The predicted molar refractivity (Wildman–Crippen MR) is 56.4 cm³/mol. The molecule has 1 heterocycles. The Morgan fingerprint density at radius 2 is 2.20 bits per heavy atom. The zero-order valence-corrected chi connectivity index (χ0v) is 8.88. The lowest BCUT2D eigenvalue weighted by Gasteiger charge is -1.98. The van der Waals surface area contributed by atoms with Crippen LogP contribution in [0.4, 0.5) is 0 Å². The highest BCUT2D eigenvalue weighted by molar-refractivity contribution is 7.99. The smallest absolute Gasteiger partial charge is 0.213 e. The van der Waals surface area contributed by atoms with Crippen molar-refractivity contribution in [1.29, 1.82) is 5.26 Å². The van der Waals surface area contributed by atoms with Crippen LogP contribution in [0.5, 0.6) is 0 Å². The molecule has 1 aromatic carbocycles. The van der Waals surface area contributed by atoms with Crippen LogP contribution in [0.15, 0.2) is 34.3 Å². The van der Waals surface area contributed by atoms with Crippen molar-refractivity contribution in [1.82, 2.24) is 15.2 Å². The molecule has 2 rings (SSSR count). The normalized spacial score (nSPS) is 9.87. The number of hydrogen-bond donors (Lipinski definition) is 1. The summed E-state index contributed by atoms with van der Waals surface area (Å²) in [7, 11) is 0. The van der Waals surface area contributed by atoms with E-state index in [4.69, 9.17) is 5.26 Å². The number of H-pyrrole nitrogens is 1. The van der Waals surface area contributed by atoms with Crippen LogP contribution in [-0.4, -0.2) is 15.2 Å². The molecule has 4 nitrogen and oxygen atoms in total. The highest BCUT2D eigenvalue weighted by atomic mass is 32.2. The summed E-state index contributed by atoms with van der Waals surface area (Å²) < 4.78 is 0. The number of hydrogen-bond acceptors (Lipinski definition) is 4. The van der Waals surface area contributed by atoms with Gasteiger partial charge in [0.25, 0.3) is 0 Å². The summed E-state index contributed by atoms with van der Waals surface area (Å²) in [6.45, 7) is 1.84. The van der Waals surface area contributed by atoms with E-state index in [1.165, 1.54) is 11.8 Å². The molecule has 0 bridgehead atoms. The van der Waals surface area contributed by atoms with Crippen molar-refractivity contribution in [2.24, 2.45) is 0 Å². The molecule has 0 aliphatic rings. The maximum Gasteiger partial charge on any atom is 0.213 e. The average Bonchev–Trinajstić information content (AvgIpc) is 2.65. The van der Waals surface area contributed by atoms with E-state index < -0.39 is 0 Å². The third-order valence-corrected chi connectivity index (χ3v) is 2.73. The summed E-state index contributed by atoms with van der Waals surface area (Å²) >= 11 is 1.38. The Kier molecular flexibility index (Phi) is 2.70. The topological polar surface area (TPSA) is 65.4 Å². The Hall–Kier alpha value is -1.80. The Balaban J connectivity index is 2.28. The van der Waals surface area contributed by atoms with E-state index in [0.717, 1.165) is 10.7 Å². The Labute approximate surface area is 91.4 Å². The third-order valence-electron chi connectivity index (χ3n) is 1.79. The van der Waals surface area contributed by atoms with E-state index >= 15 is 0 Å². The van der Waals surface area contributed by atoms with Crippen LogP contribution in [0.3, 0.4) is 0 Å². The lowest BCUT2D eigenvalue weighted by Crippen LogP contribution is -1.81. The molecule has 0 saturated heterocycles. The van der Waals surface area contributed by atoms with E-state index in [2.05, 4.69) is 21.3 Å². The molecule has 0 amide bonds. The SMILES string of the molecule is Cc1nc(Sc2ccccc2C#N)n[nH]1. The fourth-order valence-corrected chi connectivity index (χ4v) is 1.95. The molecule has 0 saturated carbocycles. The second-order valence-corrected chi connectivity index (χ2v) is 3.92. The number of nitriles is 1. The largest absolute Gasteiger partial charge is 0.262 e. The Morgan fingerprint density at radius 1 is 1.40 bits per heavy atom. The first kappa shape index (κ1) is 9.74. The van der Waals surface area contributed by atoms with Gasteiger partial charge in [-0.05, 0) is 30.8 Å². The predicted octanol–water partition coefficient (Wildman–Crippen LogP) is 2.14. The van der Waals surface area contributed by atoms with Crippen molar-refractivity contribution in [3.05, 3.63) is 35.7 Å². The van der Waals surface area contributed by atoms with Gasteiger partial charge in [-0.25, -0.2) is 4.98 Å². The van der Waals surface area contributed by atoms with Gasteiger partial charge >= 0.3 is 0 Å². The number of benzene rings is 1. The highest BCUT2D eigenvalue weighted by Gasteiger charge is 2.06. The van der Waals surface area contributed by atoms with Gasteiger partial charge in [-0.1, -0.05) is 12.1 Å². The molecule has 1 N–H and O–H groups in total. The van der Waals surface area contributed by atoms with Crippen LogP contribution >= 0.6 is 11.8 Å². The molecule has 0 aliphatic carbocycles. The summed E-state index contributed by atoms with van der Waals surface area (Å²) in [6.07, 6.45) is 0. The zero-order chi connectivity index (χ0) is 10.7. The number of aromatic amines is 1. The second-order valence-electron chi connectivity index (χ2n) is 2.91. The molecule has 0 radical (unpaired) electrons. The van der Waals surface area contributed by atoms with Gasteiger partial charge in [-0.2, -0.15) is 5.26 Å². The molecular formula is C10H8N4S. The van der Waals surface area contributed by atoms with E-state index in [0.29, 0.717) is 10.7 Å². The minimum atomic E-state index is 0.634. The Morgan fingerprint density at radius 3 is 2.87 bits per heavy atom. The first-order valence-corrected chi connectivity index (χ1v) is 5.17. The van der Waals surface area contributed by atoms with Gasteiger partial charge in [0.05, 0.1) is 5.56 Å². The first-order valence-electron chi connectivity index (χ1n) is 4.35. The molecule has 74 valence electrons. The standard InChI is InChI=1S/C10H8N4S/c1-7-12-10(14-13-7)15-9-5-3-2-4-8(9)6-11/h2-5H,1H3,(H,12,13,14). The average molecular weight is 216 g/mol. The number of rotatable bonds is 2. The summed E-state index contributed by atoms with van der Waals surface area (Å²) in [5.41, 5.74) is 0.643. The number of nitrogens with zero attached hydrogens (tertiary/aromatic N) is 3. The van der Waals surface area contributed by atoms with E-state index in [1.807, 2.05) is 25.1 Å². The summed E-state index contributed by atoms with van der Waals surface area (Å²) in [4.78, 5) is 5.04. The van der Waals surface area contributed by atoms with Crippen molar-refractivity contribution in [3.63, 3.8) is 0 Å². The van der Waals surface area contributed by atoms with Crippen LogP contribution in [0.2, 0.25) is 0 Å². The molecule has 0 atom stereocenters. The van der Waals surface area contributed by atoms with Gasteiger partial charge in [-0.15, -0.1) is 5.10 Å². The quantitative estimate of drug-likeness (QED) is 0.835. The van der Waals surface area contributed by atoms with E-state index in [1.54, 1.807) is 6.07 Å². The lowest BCUT2D eigenvalue weighted by atomic mass is 10.2. The molecule has 0 fully saturated rings. The van der Waals surface area contributed by atoms with Gasteiger partial charge in [0.2, 0.25) is 5.16 Å². The van der Waals surface area contributed by atoms with Crippen LogP contribution in [0.25, 0.3) is 0 Å². The van der Waals surface area contributed by atoms with E-state index in [9.17, 15) is 0 Å². The van der Waals surface area contributed by atoms with Crippen LogP contribution in [0.1, 0.15) is 11.4 Å². The first-order chi connectivity index (χ1) is 7.29. The van der Waals surface area contributed by atoms with Crippen LogP contribution in [-0.2, 0) is 0 Å². The molecule has 0 spiro atoms. The van der Waals surface area contributed by atoms with Crippen molar-refractivity contribution in [2.75, 3.05) is 0 Å². The molecule has 0 unspecified atom stereocenters. The molecular weight excluding hydrogens is 208 g/mol. The highest BCUT2D eigenvalue weighted by Crippen LogP contribution is 2.27. The summed E-state index contributed by atoms with van der Waals surface area (Å²) in [6, 6.07) is 9.53. The molecule has 5 heteroatoms. The maximum atomic E-state index is 8.89. The van der Waals surface area contributed by atoms with Gasteiger partial charge in [0, 0.05) is 4.90 Å². The zero-order valence-electron chi connectivity index (χ0n) is 8.06. The van der Waals surface area contributed by atoms with Crippen molar-refractivity contribution < 1.29 is 0 Å². The van der Waals surface area contributed by atoms with Crippen molar-refractivity contribution >= 4 is 11.8 Å². The van der Waals surface area contributed by atoms with Crippen LogP contribution in [0, 0.1) is 18.3 Å². The van der Waals surface area contributed by atoms with Gasteiger partial charge in [0.1, 0.15) is 11.9 Å². The lowest BCUT2D eigenvalue weighted by molar-refractivity contribution is 0.969. The Bertz CT molecular complexity index is 512. The minimum Gasteiger partial charge on any atom is -0.262 e. The number of aromatic nitrogens is 3. The van der Waals surface area contributed by atoms with Gasteiger partial charge < -0.3 is 0 Å². The van der Waals surface area contributed by atoms with E-state index in [-0.39, 0.29) is 0 Å². The molecule has 2 aromatic rings. The second kappa shape index (κ2) is 4.15. The molecule has 1 aromatic heterocycles. The number of nitrogens with one attached hydrogen (secondary N) is 1. The maximum absolute atomic E-state index is 8.89. The summed E-state index contributed by atoms with van der Waals surface area (Å²) in [5.74, 6) is 0.770. The third kappa shape index (κ3) is 2.17. The fraction of sp³-hybridized carbons (Fsp3) is 0.100. The molecule has 15 heavy (non-hydrogen) atoms. The number of aryl methyl sites for hydroxylation is 1.